The smallest absolute Gasteiger partial charge is 0.340 e. The lowest BCUT2D eigenvalue weighted by Crippen LogP contribution is -2.07. The van der Waals surface area contributed by atoms with E-state index >= 15 is 0 Å². The van der Waals surface area contributed by atoms with Crippen LogP contribution in [0.4, 0.5) is 5.69 Å². The minimum Gasteiger partial charge on any atom is -0.465 e. The lowest BCUT2D eigenvalue weighted by atomic mass is 10.1. The van der Waals surface area contributed by atoms with E-state index in [0.29, 0.717) is 5.75 Å². The van der Waals surface area contributed by atoms with Crippen molar-refractivity contribution in [3.63, 3.8) is 0 Å². The Morgan fingerprint density at radius 1 is 1.30 bits per heavy atom. The number of rotatable bonds is 4. The van der Waals surface area contributed by atoms with E-state index in [1.807, 2.05) is 31.2 Å². The maximum absolute atomic E-state index is 11.6. The molecule has 0 radical (unpaired) electrons. The van der Waals surface area contributed by atoms with Gasteiger partial charge in [-0.3, -0.25) is 0 Å². The monoisotopic (exact) mass is 272 g/mol. The van der Waals surface area contributed by atoms with E-state index in [-0.39, 0.29) is 17.1 Å². The van der Waals surface area contributed by atoms with Crippen LogP contribution >= 0.6 is 0 Å². The molecule has 0 aliphatic heterocycles. The minimum absolute atomic E-state index is 0.172. The molecule has 1 aromatic heterocycles. The molecule has 5 heteroatoms. The van der Waals surface area contributed by atoms with Gasteiger partial charge in [-0.15, -0.1) is 0 Å². The molecule has 0 bridgehead atoms. The van der Waals surface area contributed by atoms with Gasteiger partial charge in [-0.25, -0.2) is 9.78 Å². The van der Waals surface area contributed by atoms with E-state index in [9.17, 15) is 4.79 Å². The van der Waals surface area contributed by atoms with Gasteiger partial charge in [0.1, 0.15) is 11.4 Å². The molecule has 104 valence electrons. The summed E-state index contributed by atoms with van der Waals surface area (Å²) < 4.78 is 10.4. The molecule has 2 aromatic rings. The zero-order chi connectivity index (χ0) is 14.5. The summed E-state index contributed by atoms with van der Waals surface area (Å²) in [6.45, 7) is 2.03. The molecule has 0 saturated carbocycles. The first-order valence-corrected chi connectivity index (χ1v) is 6.26. The van der Waals surface area contributed by atoms with Crippen LogP contribution in [0.3, 0.4) is 0 Å². The second kappa shape index (κ2) is 6.06. The van der Waals surface area contributed by atoms with E-state index in [1.54, 1.807) is 0 Å². The zero-order valence-corrected chi connectivity index (χ0v) is 11.4. The normalized spacial score (nSPS) is 10.1. The van der Waals surface area contributed by atoms with Gasteiger partial charge in [0.25, 0.3) is 0 Å². The molecule has 2 N–H and O–H groups in total. The Morgan fingerprint density at radius 2 is 2.05 bits per heavy atom. The van der Waals surface area contributed by atoms with Crippen molar-refractivity contribution in [2.45, 2.75) is 13.3 Å². The van der Waals surface area contributed by atoms with Gasteiger partial charge in [-0.1, -0.05) is 25.1 Å². The van der Waals surface area contributed by atoms with Crippen LogP contribution in [0.25, 0.3) is 0 Å². The molecule has 0 aliphatic rings. The average molecular weight is 272 g/mol. The number of nitrogen functional groups attached to an aromatic ring is 1. The van der Waals surface area contributed by atoms with E-state index in [1.165, 1.54) is 19.4 Å². The van der Waals surface area contributed by atoms with Crippen molar-refractivity contribution < 1.29 is 14.3 Å². The number of aromatic nitrogens is 1. The Hall–Kier alpha value is -2.56. The number of aryl methyl sites for hydroxylation is 1. The van der Waals surface area contributed by atoms with Crippen LogP contribution in [0.2, 0.25) is 0 Å². The summed E-state index contributed by atoms with van der Waals surface area (Å²) in [5.74, 6) is 0.364. The molecule has 0 fully saturated rings. The quantitative estimate of drug-likeness (QED) is 0.866. The number of anilines is 1. The second-order valence-electron chi connectivity index (χ2n) is 4.13. The Morgan fingerprint density at radius 3 is 2.75 bits per heavy atom. The van der Waals surface area contributed by atoms with Crippen molar-refractivity contribution in [1.82, 2.24) is 4.98 Å². The van der Waals surface area contributed by atoms with Crippen molar-refractivity contribution in [2.75, 3.05) is 12.8 Å². The third-order valence-electron chi connectivity index (χ3n) is 2.92. The van der Waals surface area contributed by atoms with E-state index < -0.39 is 5.97 Å². The number of para-hydroxylation sites is 1. The summed E-state index contributed by atoms with van der Waals surface area (Å²) in [6, 6.07) is 9.11. The van der Waals surface area contributed by atoms with Gasteiger partial charge in [0.05, 0.1) is 12.7 Å². The summed E-state index contributed by atoms with van der Waals surface area (Å²) >= 11 is 0. The number of carbonyl (C=O) groups excluding carboxylic acids is 1. The molecular weight excluding hydrogens is 256 g/mol. The number of nitrogens with zero attached hydrogens (tertiary/aromatic N) is 1. The highest BCUT2D eigenvalue weighted by molar-refractivity contribution is 5.96. The third-order valence-corrected chi connectivity index (χ3v) is 2.92. The van der Waals surface area contributed by atoms with Crippen LogP contribution in [0, 0.1) is 0 Å². The summed E-state index contributed by atoms with van der Waals surface area (Å²) in [4.78, 5) is 15.6. The molecule has 1 aromatic carbocycles. The van der Waals surface area contributed by atoms with Crippen LogP contribution in [0.15, 0.2) is 36.5 Å². The Bertz CT molecular complexity index is 626. The highest BCUT2D eigenvalue weighted by Gasteiger charge is 2.16. The predicted octanol–water partition coefficient (Wildman–Crippen LogP) is 2.81. The summed E-state index contributed by atoms with van der Waals surface area (Å²) in [6.07, 6.45) is 2.29. The number of nitrogens with two attached hydrogens (primary N) is 1. The van der Waals surface area contributed by atoms with Crippen molar-refractivity contribution in [1.29, 1.82) is 0 Å². The summed E-state index contributed by atoms with van der Waals surface area (Å²) in [7, 11) is 1.30. The SMILES string of the molecule is CCc1ccccc1Oc1nccc(C(=O)OC)c1N. The Balaban J connectivity index is 2.37. The fraction of sp³-hybridized carbons (Fsp3) is 0.200. The molecule has 0 spiro atoms. The fourth-order valence-electron chi connectivity index (χ4n) is 1.82. The van der Waals surface area contributed by atoms with Gasteiger partial charge in [0.15, 0.2) is 0 Å². The van der Waals surface area contributed by atoms with Crippen molar-refractivity contribution >= 4 is 11.7 Å². The second-order valence-corrected chi connectivity index (χ2v) is 4.13. The Labute approximate surface area is 117 Å². The molecule has 2 rings (SSSR count). The maximum Gasteiger partial charge on any atom is 0.340 e. The number of benzene rings is 1. The van der Waals surface area contributed by atoms with Crippen LogP contribution in [-0.4, -0.2) is 18.1 Å². The summed E-state index contributed by atoms with van der Waals surface area (Å²) in [5.41, 5.74) is 7.36. The largest absolute Gasteiger partial charge is 0.465 e. The predicted molar refractivity (Wildman–Crippen MR) is 75.9 cm³/mol. The van der Waals surface area contributed by atoms with Crippen molar-refractivity contribution in [3.8, 4) is 11.6 Å². The number of methoxy groups -OCH3 is 1. The average Bonchev–Trinajstić information content (AvgIpc) is 2.49. The first-order chi connectivity index (χ1) is 9.67. The van der Waals surface area contributed by atoms with Crippen LogP contribution < -0.4 is 10.5 Å². The minimum atomic E-state index is -0.515. The van der Waals surface area contributed by atoms with Gasteiger partial charge in [-0.2, -0.15) is 0 Å². The molecule has 0 aliphatic carbocycles. The van der Waals surface area contributed by atoms with E-state index in [0.717, 1.165) is 12.0 Å². The molecule has 0 amide bonds. The third kappa shape index (κ3) is 2.71. The van der Waals surface area contributed by atoms with Gasteiger partial charge in [0.2, 0.25) is 5.88 Å². The molecule has 0 atom stereocenters. The number of hydrogen-bond acceptors (Lipinski definition) is 5. The maximum atomic E-state index is 11.6. The van der Waals surface area contributed by atoms with Crippen molar-refractivity contribution in [2.24, 2.45) is 0 Å². The summed E-state index contributed by atoms with van der Waals surface area (Å²) in [5, 5.41) is 0. The lowest BCUT2D eigenvalue weighted by Gasteiger charge is -2.12. The number of esters is 1. The first kappa shape index (κ1) is 13.9. The molecule has 1 heterocycles. The van der Waals surface area contributed by atoms with Crippen LogP contribution in [0.5, 0.6) is 11.6 Å². The number of carbonyl (C=O) groups is 1. The number of pyridine rings is 1. The topological polar surface area (TPSA) is 74.4 Å². The van der Waals surface area contributed by atoms with E-state index in [2.05, 4.69) is 9.72 Å². The van der Waals surface area contributed by atoms with Gasteiger partial charge >= 0.3 is 5.97 Å². The fourth-order valence-corrected chi connectivity index (χ4v) is 1.82. The zero-order valence-electron chi connectivity index (χ0n) is 11.4. The van der Waals surface area contributed by atoms with Gasteiger partial charge < -0.3 is 15.2 Å². The molecule has 0 saturated heterocycles. The Kier molecular flexibility index (Phi) is 4.20. The molecule has 0 unspecified atom stereocenters. The first-order valence-electron chi connectivity index (χ1n) is 6.26. The number of hydrogen-bond donors (Lipinski definition) is 1. The highest BCUT2D eigenvalue weighted by Crippen LogP contribution is 2.30. The lowest BCUT2D eigenvalue weighted by molar-refractivity contribution is 0.0601. The van der Waals surface area contributed by atoms with Crippen LogP contribution in [-0.2, 0) is 11.2 Å². The standard InChI is InChI=1S/C15H16N2O3/c1-3-10-6-4-5-7-12(10)20-14-13(16)11(8-9-17-14)15(18)19-2/h4-9H,3,16H2,1-2H3. The molecule has 5 nitrogen and oxygen atoms in total. The van der Waals surface area contributed by atoms with Crippen molar-refractivity contribution in [3.05, 3.63) is 47.7 Å². The molecule has 20 heavy (non-hydrogen) atoms. The highest BCUT2D eigenvalue weighted by atomic mass is 16.5. The van der Waals surface area contributed by atoms with E-state index in [4.69, 9.17) is 10.5 Å². The van der Waals surface area contributed by atoms with Gasteiger partial charge in [0, 0.05) is 6.20 Å². The molecular formula is C15H16N2O3. The number of ether oxygens (including phenoxy) is 2. The van der Waals surface area contributed by atoms with Gasteiger partial charge in [-0.05, 0) is 24.1 Å². The van der Waals surface area contributed by atoms with Crippen LogP contribution in [0.1, 0.15) is 22.8 Å².